The van der Waals surface area contributed by atoms with Gasteiger partial charge in [0.25, 0.3) is 0 Å². The summed E-state index contributed by atoms with van der Waals surface area (Å²) in [5.74, 6) is 0. The van der Waals surface area contributed by atoms with E-state index in [1.807, 2.05) is 11.0 Å². The van der Waals surface area contributed by atoms with Crippen LogP contribution in [-0.4, -0.2) is 61.3 Å². The second-order valence-electron chi connectivity index (χ2n) is 5.93. The van der Waals surface area contributed by atoms with Crippen molar-refractivity contribution in [2.24, 2.45) is 0 Å². The normalized spacial score (nSPS) is 23.0. The van der Waals surface area contributed by atoms with Gasteiger partial charge in [0.05, 0.1) is 31.8 Å². The fraction of sp³-hybridized carbons (Fsp3) is 0.667. The molecule has 1 aromatic heterocycles. The van der Waals surface area contributed by atoms with Crippen molar-refractivity contribution >= 4 is 6.03 Å². The van der Waals surface area contributed by atoms with Crippen molar-refractivity contribution < 1.29 is 13.9 Å². The summed E-state index contributed by atoms with van der Waals surface area (Å²) in [5, 5.41) is 3.01. The van der Waals surface area contributed by atoms with Crippen molar-refractivity contribution in [3.8, 4) is 0 Å². The molecule has 0 bridgehead atoms. The van der Waals surface area contributed by atoms with E-state index in [0.717, 1.165) is 38.1 Å². The third-order valence-corrected chi connectivity index (χ3v) is 4.00. The van der Waals surface area contributed by atoms with Gasteiger partial charge in [-0.1, -0.05) is 0 Å². The van der Waals surface area contributed by atoms with Crippen LogP contribution in [0, 0.1) is 0 Å². The molecule has 0 aromatic carbocycles. The number of likely N-dealkylation sites (N-methyl/N-ethyl adjacent to an activating group) is 1. The lowest BCUT2D eigenvalue weighted by atomic mass is 10.3. The summed E-state index contributed by atoms with van der Waals surface area (Å²) in [4.78, 5) is 16.5. The van der Waals surface area contributed by atoms with Gasteiger partial charge in [0.1, 0.15) is 0 Å². The maximum absolute atomic E-state index is 12.4. The maximum atomic E-state index is 12.4. The standard InChI is InChI=1S/C15H23N3O3/c1-17-5-7-21-14(10-17)8-16-15(19)18(13-2-3-13)9-12-4-6-20-11-12/h4,6,11,13-14H,2-3,5,7-10H2,1H3,(H,16,19)/t14-/m0/s1. The average molecular weight is 293 g/mol. The second kappa shape index (κ2) is 6.49. The monoisotopic (exact) mass is 293 g/mol. The number of hydrogen-bond acceptors (Lipinski definition) is 4. The van der Waals surface area contributed by atoms with Crippen molar-refractivity contribution in [2.75, 3.05) is 33.3 Å². The van der Waals surface area contributed by atoms with Crippen LogP contribution in [0.2, 0.25) is 0 Å². The molecule has 116 valence electrons. The van der Waals surface area contributed by atoms with Crippen LogP contribution < -0.4 is 5.32 Å². The second-order valence-corrected chi connectivity index (χ2v) is 5.93. The first-order chi connectivity index (χ1) is 10.2. The van der Waals surface area contributed by atoms with Gasteiger partial charge < -0.3 is 24.3 Å². The predicted octanol–water partition coefficient (Wildman–Crippen LogP) is 1.28. The number of carbonyl (C=O) groups is 1. The molecule has 1 atom stereocenters. The van der Waals surface area contributed by atoms with Gasteiger partial charge in [0, 0.05) is 31.2 Å². The molecule has 1 N–H and O–H groups in total. The van der Waals surface area contributed by atoms with Crippen LogP contribution in [-0.2, 0) is 11.3 Å². The fourth-order valence-corrected chi connectivity index (χ4v) is 2.63. The van der Waals surface area contributed by atoms with Crippen LogP contribution >= 0.6 is 0 Å². The number of nitrogens with zero attached hydrogens (tertiary/aromatic N) is 2. The number of morpholine rings is 1. The Morgan fingerprint density at radius 2 is 2.38 bits per heavy atom. The Hall–Kier alpha value is -1.53. The minimum atomic E-state index is -0.00414. The van der Waals surface area contributed by atoms with E-state index in [0.29, 0.717) is 19.1 Å². The Morgan fingerprint density at radius 1 is 1.52 bits per heavy atom. The van der Waals surface area contributed by atoms with Gasteiger partial charge in [0.15, 0.2) is 0 Å². The first kappa shape index (κ1) is 14.4. The summed E-state index contributed by atoms with van der Waals surface area (Å²) in [6.45, 7) is 3.74. The number of urea groups is 1. The highest BCUT2D eigenvalue weighted by molar-refractivity contribution is 5.75. The Balaban J connectivity index is 1.50. The lowest BCUT2D eigenvalue weighted by Gasteiger charge is -2.31. The molecule has 2 heterocycles. The van der Waals surface area contributed by atoms with Gasteiger partial charge in [-0.2, -0.15) is 0 Å². The van der Waals surface area contributed by atoms with E-state index in [2.05, 4.69) is 17.3 Å². The van der Waals surface area contributed by atoms with Crippen LogP contribution in [0.5, 0.6) is 0 Å². The molecular formula is C15H23N3O3. The van der Waals surface area contributed by atoms with E-state index in [4.69, 9.17) is 9.15 Å². The molecule has 1 aliphatic carbocycles. The summed E-state index contributed by atoms with van der Waals surface area (Å²) in [6.07, 6.45) is 5.61. The summed E-state index contributed by atoms with van der Waals surface area (Å²) in [6, 6.07) is 2.27. The first-order valence-electron chi connectivity index (χ1n) is 7.58. The first-order valence-corrected chi connectivity index (χ1v) is 7.58. The van der Waals surface area contributed by atoms with E-state index < -0.39 is 0 Å². The van der Waals surface area contributed by atoms with E-state index >= 15 is 0 Å². The number of hydrogen-bond donors (Lipinski definition) is 1. The highest BCUT2D eigenvalue weighted by Crippen LogP contribution is 2.28. The van der Waals surface area contributed by atoms with E-state index in [-0.39, 0.29) is 12.1 Å². The third-order valence-electron chi connectivity index (χ3n) is 4.00. The quantitative estimate of drug-likeness (QED) is 0.888. The van der Waals surface area contributed by atoms with Crippen molar-refractivity contribution in [3.63, 3.8) is 0 Å². The van der Waals surface area contributed by atoms with Gasteiger partial charge in [-0.3, -0.25) is 0 Å². The Bertz CT molecular complexity index is 459. The molecule has 21 heavy (non-hydrogen) atoms. The number of rotatable bonds is 5. The Kier molecular flexibility index (Phi) is 4.45. The molecule has 3 rings (SSSR count). The number of furan rings is 1. The SMILES string of the molecule is CN1CCO[C@@H](CNC(=O)N(Cc2ccoc2)C2CC2)C1. The van der Waals surface area contributed by atoms with Crippen molar-refractivity contribution in [1.82, 2.24) is 15.1 Å². The van der Waals surface area contributed by atoms with E-state index in [9.17, 15) is 4.79 Å². The van der Waals surface area contributed by atoms with E-state index in [1.54, 1.807) is 12.5 Å². The number of amides is 2. The minimum absolute atomic E-state index is 0.00414. The van der Waals surface area contributed by atoms with Crippen LogP contribution in [0.3, 0.4) is 0 Å². The van der Waals surface area contributed by atoms with Gasteiger partial charge in [-0.05, 0) is 26.0 Å². The van der Waals surface area contributed by atoms with Crippen molar-refractivity contribution in [2.45, 2.75) is 31.5 Å². The third kappa shape index (κ3) is 3.98. The van der Waals surface area contributed by atoms with Gasteiger partial charge >= 0.3 is 6.03 Å². The van der Waals surface area contributed by atoms with Crippen LogP contribution in [0.1, 0.15) is 18.4 Å². The van der Waals surface area contributed by atoms with Crippen LogP contribution in [0.25, 0.3) is 0 Å². The molecule has 1 aliphatic heterocycles. The molecule has 0 spiro atoms. The highest BCUT2D eigenvalue weighted by Gasteiger charge is 2.33. The number of carbonyl (C=O) groups excluding carboxylic acids is 1. The predicted molar refractivity (Wildman–Crippen MR) is 77.9 cm³/mol. The van der Waals surface area contributed by atoms with Gasteiger partial charge in [-0.25, -0.2) is 4.79 Å². The molecule has 6 heteroatoms. The maximum Gasteiger partial charge on any atom is 0.318 e. The number of nitrogens with one attached hydrogen (secondary N) is 1. The summed E-state index contributed by atoms with van der Waals surface area (Å²) < 4.78 is 10.7. The largest absolute Gasteiger partial charge is 0.472 e. The van der Waals surface area contributed by atoms with Crippen molar-refractivity contribution in [1.29, 1.82) is 0 Å². The lowest BCUT2D eigenvalue weighted by molar-refractivity contribution is -0.0173. The zero-order valence-electron chi connectivity index (χ0n) is 12.5. The molecule has 1 saturated heterocycles. The molecular weight excluding hydrogens is 270 g/mol. The minimum Gasteiger partial charge on any atom is -0.472 e. The van der Waals surface area contributed by atoms with E-state index in [1.165, 1.54) is 0 Å². The summed E-state index contributed by atoms with van der Waals surface area (Å²) in [7, 11) is 2.08. The molecule has 1 saturated carbocycles. The molecule has 0 unspecified atom stereocenters. The molecule has 1 aromatic rings. The summed E-state index contributed by atoms with van der Waals surface area (Å²) in [5.41, 5.74) is 1.03. The zero-order valence-corrected chi connectivity index (χ0v) is 12.5. The van der Waals surface area contributed by atoms with Gasteiger partial charge in [-0.15, -0.1) is 0 Å². The Morgan fingerprint density at radius 3 is 3.05 bits per heavy atom. The highest BCUT2D eigenvalue weighted by atomic mass is 16.5. The molecule has 2 amide bonds. The van der Waals surface area contributed by atoms with Crippen LogP contribution in [0.15, 0.2) is 23.0 Å². The zero-order chi connectivity index (χ0) is 14.7. The Labute approximate surface area is 125 Å². The summed E-state index contributed by atoms with van der Waals surface area (Å²) >= 11 is 0. The molecule has 6 nitrogen and oxygen atoms in total. The molecule has 2 aliphatic rings. The fourth-order valence-electron chi connectivity index (χ4n) is 2.63. The molecule has 0 radical (unpaired) electrons. The average Bonchev–Trinajstić information content (AvgIpc) is 3.19. The lowest BCUT2D eigenvalue weighted by Crippen LogP contribution is -2.49. The molecule has 2 fully saturated rings. The van der Waals surface area contributed by atoms with Crippen molar-refractivity contribution in [3.05, 3.63) is 24.2 Å². The number of ether oxygens (including phenoxy) is 1. The van der Waals surface area contributed by atoms with Gasteiger partial charge in [0.2, 0.25) is 0 Å². The smallest absolute Gasteiger partial charge is 0.318 e. The topological polar surface area (TPSA) is 58.0 Å². The van der Waals surface area contributed by atoms with Crippen LogP contribution in [0.4, 0.5) is 4.79 Å².